The molecule has 0 unspecified atom stereocenters. The lowest BCUT2D eigenvalue weighted by Gasteiger charge is -2.05. The van der Waals surface area contributed by atoms with Crippen LogP contribution in [0, 0.1) is 6.92 Å². The smallest absolute Gasteiger partial charge is 0.352 e. The average Bonchev–Trinajstić information content (AvgIpc) is 2.43. The molecule has 0 atom stereocenters. The van der Waals surface area contributed by atoms with Gasteiger partial charge in [0.1, 0.15) is 5.69 Å². The van der Waals surface area contributed by atoms with Crippen molar-refractivity contribution in [3.05, 3.63) is 23.5 Å². The van der Waals surface area contributed by atoms with Crippen molar-refractivity contribution in [2.75, 3.05) is 0 Å². The Morgan fingerprint density at radius 1 is 1.62 bits per heavy atom. The zero-order valence-electron chi connectivity index (χ0n) is 8.08. The van der Waals surface area contributed by atoms with Crippen molar-refractivity contribution in [2.24, 2.45) is 0 Å². The van der Waals surface area contributed by atoms with Gasteiger partial charge in [-0.25, -0.2) is 4.79 Å². The van der Waals surface area contributed by atoms with Gasteiger partial charge in [-0.1, -0.05) is 13.3 Å². The highest BCUT2D eigenvalue weighted by Gasteiger charge is 2.11. The molecular weight excluding hydrogens is 166 g/mol. The number of aromatic nitrogens is 1. The van der Waals surface area contributed by atoms with Crippen LogP contribution in [0.15, 0.2) is 12.3 Å². The lowest BCUT2D eigenvalue weighted by atomic mass is 10.2. The first-order valence-electron chi connectivity index (χ1n) is 4.55. The van der Waals surface area contributed by atoms with Gasteiger partial charge in [-0.15, -0.1) is 0 Å². The first kappa shape index (κ1) is 9.84. The minimum atomic E-state index is -0.835. The van der Waals surface area contributed by atoms with Crippen LogP contribution in [-0.2, 0) is 6.54 Å². The van der Waals surface area contributed by atoms with E-state index in [2.05, 4.69) is 6.92 Å². The van der Waals surface area contributed by atoms with Gasteiger partial charge in [0.2, 0.25) is 0 Å². The number of rotatable bonds is 4. The third-order valence-electron chi connectivity index (χ3n) is 2.12. The number of nitrogens with zero attached hydrogens (tertiary/aromatic N) is 1. The molecule has 0 saturated heterocycles. The highest BCUT2D eigenvalue weighted by Crippen LogP contribution is 2.10. The highest BCUT2D eigenvalue weighted by molar-refractivity contribution is 5.87. The van der Waals surface area contributed by atoms with E-state index in [0.29, 0.717) is 5.69 Å². The van der Waals surface area contributed by atoms with E-state index in [1.54, 1.807) is 4.57 Å². The number of carboxylic acid groups (broad SMARTS) is 1. The molecular formula is C10H15NO2. The Morgan fingerprint density at radius 3 is 2.85 bits per heavy atom. The van der Waals surface area contributed by atoms with Gasteiger partial charge in [0, 0.05) is 12.7 Å². The number of carbonyl (C=O) groups is 1. The Balaban J connectivity index is 2.87. The summed E-state index contributed by atoms with van der Waals surface area (Å²) in [6.07, 6.45) is 3.94. The predicted molar refractivity (Wildman–Crippen MR) is 51.0 cm³/mol. The van der Waals surface area contributed by atoms with E-state index in [0.717, 1.165) is 24.9 Å². The topological polar surface area (TPSA) is 42.2 Å². The molecule has 0 aliphatic carbocycles. The predicted octanol–water partition coefficient (Wildman–Crippen LogP) is 2.29. The van der Waals surface area contributed by atoms with Gasteiger partial charge < -0.3 is 9.67 Å². The zero-order chi connectivity index (χ0) is 9.84. The molecule has 3 heteroatoms. The van der Waals surface area contributed by atoms with Gasteiger partial charge in [0.05, 0.1) is 0 Å². The van der Waals surface area contributed by atoms with E-state index in [1.165, 1.54) is 0 Å². The van der Waals surface area contributed by atoms with Gasteiger partial charge in [0.15, 0.2) is 0 Å². The molecule has 0 amide bonds. The van der Waals surface area contributed by atoms with Crippen LogP contribution in [0.1, 0.15) is 35.8 Å². The Labute approximate surface area is 78.0 Å². The lowest BCUT2D eigenvalue weighted by molar-refractivity contribution is 0.0684. The molecule has 0 fully saturated rings. The summed E-state index contributed by atoms with van der Waals surface area (Å²) >= 11 is 0. The molecule has 0 aromatic carbocycles. The second-order valence-corrected chi connectivity index (χ2v) is 3.20. The van der Waals surface area contributed by atoms with Crippen molar-refractivity contribution in [3.8, 4) is 0 Å². The van der Waals surface area contributed by atoms with Crippen LogP contribution < -0.4 is 0 Å². The fourth-order valence-electron chi connectivity index (χ4n) is 1.39. The molecule has 3 nitrogen and oxygen atoms in total. The molecule has 1 rings (SSSR count). The second-order valence-electron chi connectivity index (χ2n) is 3.20. The summed E-state index contributed by atoms with van der Waals surface area (Å²) in [5, 5.41) is 8.91. The third kappa shape index (κ3) is 2.11. The van der Waals surface area contributed by atoms with Gasteiger partial charge in [-0.3, -0.25) is 0 Å². The van der Waals surface area contributed by atoms with Crippen LogP contribution in [-0.4, -0.2) is 15.6 Å². The summed E-state index contributed by atoms with van der Waals surface area (Å²) in [4.78, 5) is 10.8. The Bertz CT molecular complexity index is 302. The molecule has 1 N–H and O–H groups in total. The molecule has 0 bridgehead atoms. The number of aromatic carboxylic acids is 1. The maximum atomic E-state index is 10.8. The molecule has 1 aromatic heterocycles. The van der Waals surface area contributed by atoms with E-state index in [-0.39, 0.29) is 0 Å². The molecule has 0 aliphatic rings. The van der Waals surface area contributed by atoms with E-state index in [9.17, 15) is 4.79 Å². The van der Waals surface area contributed by atoms with Crippen LogP contribution >= 0.6 is 0 Å². The summed E-state index contributed by atoms with van der Waals surface area (Å²) in [5.74, 6) is -0.835. The van der Waals surface area contributed by atoms with Crippen molar-refractivity contribution in [2.45, 2.75) is 33.2 Å². The van der Waals surface area contributed by atoms with Gasteiger partial charge in [-0.2, -0.15) is 0 Å². The van der Waals surface area contributed by atoms with Crippen LogP contribution in [0.5, 0.6) is 0 Å². The SMILES string of the molecule is CCCCn1ccc(C)c1C(=O)O. The monoisotopic (exact) mass is 181 g/mol. The van der Waals surface area contributed by atoms with Crippen molar-refractivity contribution in [3.63, 3.8) is 0 Å². The summed E-state index contributed by atoms with van der Waals surface area (Å²) in [6, 6.07) is 1.85. The van der Waals surface area contributed by atoms with Crippen LogP contribution in [0.3, 0.4) is 0 Å². The Morgan fingerprint density at radius 2 is 2.31 bits per heavy atom. The quantitative estimate of drug-likeness (QED) is 0.774. The third-order valence-corrected chi connectivity index (χ3v) is 2.12. The maximum absolute atomic E-state index is 10.8. The van der Waals surface area contributed by atoms with Crippen molar-refractivity contribution in [1.29, 1.82) is 0 Å². The number of hydrogen-bond donors (Lipinski definition) is 1. The molecule has 0 aliphatic heterocycles. The fraction of sp³-hybridized carbons (Fsp3) is 0.500. The summed E-state index contributed by atoms with van der Waals surface area (Å²) in [6.45, 7) is 4.72. The molecule has 72 valence electrons. The van der Waals surface area contributed by atoms with Crippen molar-refractivity contribution < 1.29 is 9.90 Å². The second kappa shape index (κ2) is 4.12. The normalized spacial score (nSPS) is 10.3. The molecule has 0 radical (unpaired) electrons. The van der Waals surface area contributed by atoms with E-state index < -0.39 is 5.97 Å². The summed E-state index contributed by atoms with van der Waals surface area (Å²) < 4.78 is 1.81. The molecule has 1 heterocycles. The number of hydrogen-bond acceptors (Lipinski definition) is 1. The van der Waals surface area contributed by atoms with Gasteiger partial charge in [-0.05, 0) is 25.0 Å². The van der Waals surface area contributed by atoms with Crippen LogP contribution in [0.4, 0.5) is 0 Å². The standard InChI is InChI=1S/C10H15NO2/c1-3-4-6-11-7-5-8(2)9(11)10(12)13/h5,7H,3-4,6H2,1-2H3,(H,12,13). The van der Waals surface area contributed by atoms with E-state index in [4.69, 9.17) is 5.11 Å². The lowest BCUT2D eigenvalue weighted by Crippen LogP contribution is -2.09. The molecule has 0 spiro atoms. The van der Waals surface area contributed by atoms with Gasteiger partial charge >= 0.3 is 5.97 Å². The van der Waals surface area contributed by atoms with Gasteiger partial charge in [0.25, 0.3) is 0 Å². The first-order valence-corrected chi connectivity index (χ1v) is 4.55. The minimum absolute atomic E-state index is 0.424. The van der Waals surface area contributed by atoms with Crippen LogP contribution in [0.2, 0.25) is 0 Å². The number of aryl methyl sites for hydroxylation is 2. The number of unbranched alkanes of at least 4 members (excludes halogenated alkanes) is 1. The summed E-state index contributed by atoms with van der Waals surface area (Å²) in [7, 11) is 0. The Hall–Kier alpha value is -1.25. The highest BCUT2D eigenvalue weighted by atomic mass is 16.4. The molecule has 1 aromatic rings. The van der Waals surface area contributed by atoms with E-state index >= 15 is 0 Å². The van der Waals surface area contributed by atoms with Crippen molar-refractivity contribution >= 4 is 5.97 Å². The maximum Gasteiger partial charge on any atom is 0.352 e. The molecule has 13 heavy (non-hydrogen) atoms. The largest absolute Gasteiger partial charge is 0.477 e. The Kier molecular flexibility index (Phi) is 3.12. The average molecular weight is 181 g/mol. The minimum Gasteiger partial charge on any atom is -0.477 e. The van der Waals surface area contributed by atoms with Crippen LogP contribution in [0.25, 0.3) is 0 Å². The fourth-order valence-corrected chi connectivity index (χ4v) is 1.39. The van der Waals surface area contributed by atoms with E-state index in [1.807, 2.05) is 19.2 Å². The summed E-state index contributed by atoms with van der Waals surface area (Å²) in [5.41, 5.74) is 1.26. The first-order chi connectivity index (χ1) is 6.16. The van der Waals surface area contributed by atoms with Crippen molar-refractivity contribution in [1.82, 2.24) is 4.57 Å². The zero-order valence-corrected chi connectivity index (χ0v) is 8.08. The molecule has 0 saturated carbocycles. The number of carboxylic acids is 1.